The average molecular weight is 1340 g/mol. The molecule has 2 saturated heterocycles. The van der Waals surface area contributed by atoms with Crippen LogP contribution in [0.4, 0.5) is 0 Å². The predicted molar refractivity (Wildman–Crippen MR) is 234 cm³/mol. The van der Waals surface area contributed by atoms with E-state index in [-0.39, 0.29) is 11.3 Å². The lowest BCUT2D eigenvalue weighted by molar-refractivity contribution is 0.0450. The molecular formula is C29H35Cl3I6N2O4. The molecule has 2 aromatic rings. The van der Waals surface area contributed by atoms with Crippen LogP contribution in [0.3, 0.4) is 0 Å². The Kier molecular flexibility index (Phi) is 26.9. The van der Waals surface area contributed by atoms with E-state index in [4.69, 9.17) is 44.6 Å². The standard InChI is InChI=1S/C14H16I3NO2.C7H2ClI3O.C7H15NO.CH2Cl2/c15-10-8-11(13(17)12(16)9-10)14(19)20-7-6-18-4-2-1-3-5-18;8-7(12)4-1-3(9)2-5(10)6(4)11;9-7-6-8-4-2-1-3-5-8;2-1-3/h8-9H,1-7H2;1-2H;9H,1-7H2;1H2. The van der Waals surface area contributed by atoms with Gasteiger partial charge >= 0.3 is 5.97 Å². The Labute approximate surface area is 358 Å². The Bertz CT molecular complexity index is 1170. The number of benzene rings is 2. The molecule has 15 heteroatoms. The van der Waals surface area contributed by atoms with Gasteiger partial charge in [0.1, 0.15) is 6.61 Å². The second-order valence-electron chi connectivity index (χ2n) is 9.54. The van der Waals surface area contributed by atoms with Crippen molar-refractivity contribution in [3.05, 3.63) is 56.8 Å². The van der Waals surface area contributed by atoms with Crippen LogP contribution in [0.5, 0.6) is 0 Å². The van der Waals surface area contributed by atoms with Crippen molar-refractivity contribution in [1.82, 2.24) is 9.80 Å². The summed E-state index contributed by atoms with van der Waals surface area (Å²) in [6.07, 6.45) is 7.87. The highest BCUT2D eigenvalue weighted by Crippen LogP contribution is 2.24. The van der Waals surface area contributed by atoms with Gasteiger partial charge in [0.2, 0.25) is 0 Å². The fraction of sp³-hybridized carbons (Fsp3) is 0.517. The van der Waals surface area contributed by atoms with Crippen LogP contribution in [0, 0.1) is 21.4 Å². The SMILES string of the molecule is ClCCl.O=C(Cl)c1cc(I)cc(I)c1I.O=C(OCCN1CCCCC1)c1cc(I)cc(I)c1I.OCCN1CCCCC1. The molecule has 4 rings (SSSR count). The van der Waals surface area contributed by atoms with E-state index in [9.17, 15) is 9.59 Å². The van der Waals surface area contributed by atoms with Crippen LogP contribution in [-0.4, -0.2) is 83.9 Å². The first-order chi connectivity index (χ1) is 20.9. The number of rotatable bonds is 7. The zero-order valence-corrected chi connectivity index (χ0v) is 39.1. The number of carbonyl (C=O) groups excluding carboxylic acids is 2. The molecule has 0 amide bonds. The Morgan fingerprint density at radius 1 is 0.705 bits per heavy atom. The predicted octanol–water partition coefficient (Wildman–Crippen LogP) is 9.91. The third-order valence-corrected chi connectivity index (χ3v) is 13.9. The molecule has 0 radical (unpaired) electrons. The molecule has 248 valence electrons. The van der Waals surface area contributed by atoms with Gasteiger partial charge in [-0.25, -0.2) is 4.79 Å². The van der Waals surface area contributed by atoms with Crippen molar-refractivity contribution < 1.29 is 19.4 Å². The van der Waals surface area contributed by atoms with Crippen molar-refractivity contribution in [3.8, 4) is 0 Å². The van der Waals surface area contributed by atoms with E-state index < -0.39 is 5.24 Å². The van der Waals surface area contributed by atoms with Crippen molar-refractivity contribution in [2.45, 2.75) is 38.5 Å². The number of ether oxygens (including phenoxy) is 1. The Hall–Kier alpha value is 2.71. The lowest BCUT2D eigenvalue weighted by Gasteiger charge is -2.25. The van der Waals surface area contributed by atoms with E-state index in [1.54, 1.807) is 6.07 Å². The molecule has 2 heterocycles. The normalized spacial score (nSPS) is 15.0. The molecule has 2 aliphatic heterocycles. The minimum Gasteiger partial charge on any atom is -0.461 e. The van der Waals surface area contributed by atoms with Gasteiger partial charge in [-0.1, -0.05) is 12.8 Å². The third-order valence-electron chi connectivity index (χ3n) is 6.37. The number of alkyl halides is 2. The zero-order valence-electron chi connectivity index (χ0n) is 23.9. The molecular weight excluding hydrogens is 1310 g/mol. The summed E-state index contributed by atoms with van der Waals surface area (Å²) in [4.78, 5) is 27.8. The van der Waals surface area contributed by atoms with Crippen LogP contribution in [0.25, 0.3) is 0 Å². The summed E-state index contributed by atoms with van der Waals surface area (Å²) in [6.45, 7) is 7.19. The smallest absolute Gasteiger partial charge is 0.339 e. The first kappa shape index (κ1) is 44.7. The second kappa shape index (κ2) is 26.5. The highest BCUT2D eigenvalue weighted by atomic mass is 127. The van der Waals surface area contributed by atoms with E-state index in [1.165, 1.54) is 51.6 Å². The minimum atomic E-state index is -0.393. The molecule has 2 fully saturated rings. The van der Waals surface area contributed by atoms with Crippen molar-refractivity contribution >= 4 is 182 Å². The summed E-state index contributed by atoms with van der Waals surface area (Å²) >= 11 is 28.1. The summed E-state index contributed by atoms with van der Waals surface area (Å²) in [6, 6.07) is 7.76. The number of esters is 1. The van der Waals surface area contributed by atoms with Crippen LogP contribution in [0.15, 0.2) is 24.3 Å². The fourth-order valence-corrected chi connectivity index (χ4v) is 9.34. The molecule has 0 bridgehead atoms. The summed E-state index contributed by atoms with van der Waals surface area (Å²) in [5.74, 6) is -0.206. The fourth-order valence-electron chi connectivity index (χ4n) is 4.26. The molecule has 0 saturated carbocycles. The van der Waals surface area contributed by atoms with Gasteiger partial charge in [0.15, 0.2) is 0 Å². The van der Waals surface area contributed by atoms with Gasteiger partial charge in [-0.05, 0) is 223 Å². The molecule has 0 atom stereocenters. The van der Waals surface area contributed by atoms with Gasteiger partial charge in [-0.2, -0.15) is 0 Å². The highest BCUT2D eigenvalue weighted by molar-refractivity contribution is 14.1. The van der Waals surface area contributed by atoms with Gasteiger partial charge in [-0.15, -0.1) is 23.2 Å². The maximum absolute atomic E-state index is 12.2. The topological polar surface area (TPSA) is 70.1 Å². The summed E-state index contributed by atoms with van der Waals surface area (Å²) in [5.41, 5.74) is 1.27. The lowest BCUT2D eigenvalue weighted by atomic mass is 10.1. The molecule has 44 heavy (non-hydrogen) atoms. The number of carbonyl (C=O) groups is 2. The first-order valence-electron chi connectivity index (χ1n) is 13.8. The Morgan fingerprint density at radius 3 is 1.55 bits per heavy atom. The number of hydrogen-bond donors (Lipinski definition) is 1. The Balaban J connectivity index is 0.000000342. The van der Waals surface area contributed by atoms with E-state index in [2.05, 4.69) is 151 Å². The second-order valence-corrected chi connectivity index (χ2v) is 17.7. The molecule has 2 aromatic carbocycles. The third kappa shape index (κ3) is 18.6. The molecule has 1 N–H and O–H groups in total. The lowest BCUT2D eigenvalue weighted by Crippen LogP contribution is -2.33. The van der Waals surface area contributed by atoms with Gasteiger partial charge in [0.05, 0.1) is 17.5 Å². The number of β-amino-alcohol motifs (C(OH)–C–C–N with tert-alkyl or cyclic N) is 1. The van der Waals surface area contributed by atoms with Gasteiger partial charge in [0, 0.05) is 40.1 Å². The van der Waals surface area contributed by atoms with E-state index in [1.807, 2.05) is 12.1 Å². The number of likely N-dealkylation sites (tertiary alicyclic amines) is 2. The van der Waals surface area contributed by atoms with E-state index >= 15 is 0 Å². The average Bonchev–Trinajstić information content (AvgIpc) is 2.99. The molecule has 2 aliphatic rings. The number of nitrogens with zero attached hydrogens (tertiary/aromatic N) is 2. The molecule has 0 unspecified atom stereocenters. The van der Waals surface area contributed by atoms with E-state index in [0.29, 0.717) is 24.3 Å². The number of aliphatic hydroxyl groups excluding tert-OH is 1. The summed E-state index contributed by atoms with van der Waals surface area (Å²) in [7, 11) is 0. The molecule has 0 aromatic heterocycles. The van der Waals surface area contributed by atoms with Crippen molar-refractivity contribution in [2.75, 3.05) is 57.8 Å². The monoisotopic (exact) mass is 1340 g/mol. The zero-order chi connectivity index (χ0) is 33.1. The van der Waals surface area contributed by atoms with Crippen LogP contribution < -0.4 is 0 Å². The molecule has 0 aliphatic carbocycles. The quantitative estimate of drug-likeness (QED) is 0.0980. The molecule has 6 nitrogen and oxygen atoms in total. The van der Waals surface area contributed by atoms with Crippen molar-refractivity contribution in [1.29, 1.82) is 0 Å². The van der Waals surface area contributed by atoms with Crippen molar-refractivity contribution in [3.63, 3.8) is 0 Å². The Morgan fingerprint density at radius 2 is 1.11 bits per heavy atom. The van der Waals surface area contributed by atoms with Crippen molar-refractivity contribution in [2.24, 2.45) is 0 Å². The van der Waals surface area contributed by atoms with Gasteiger partial charge < -0.3 is 14.7 Å². The number of piperidine rings is 2. The molecule has 0 spiro atoms. The maximum Gasteiger partial charge on any atom is 0.339 e. The van der Waals surface area contributed by atoms with Crippen LogP contribution in [0.2, 0.25) is 0 Å². The van der Waals surface area contributed by atoms with Crippen LogP contribution in [-0.2, 0) is 4.74 Å². The summed E-state index contributed by atoms with van der Waals surface area (Å²) in [5, 5.41) is 8.38. The van der Waals surface area contributed by atoms with E-state index in [0.717, 1.165) is 47.6 Å². The first-order valence-corrected chi connectivity index (χ1v) is 21.7. The minimum absolute atomic E-state index is 0.194. The van der Waals surface area contributed by atoms with Gasteiger partial charge in [-0.3, -0.25) is 9.69 Å². The summed E-state index contributed by atoms with van der Waals surface area (Å²) < 4.78 is 11.6. The van der Waals surface area contributed by atoms with Gasteiger partial charge in [0.25, 0.3) is 5.24 Å². The number of aliphatic hydroxyl groups is 1. The largest absolute Gasteiger partial charge is 0.461 e. The number of halogens is 9. The van der Waals surface area contributed by atoms with Crippen LogP contribution >= 0.6 is 170 Å². The van der Waals surface area contributed by atoms with Crippen LogP contribution in [0.1, 0.15) is 59.2 Å². The maximum atomic E-state index is 12.2. The number of hydrogen-bond acceptors (Lipinski definition) is 6. The highest BCUT2D eigenvalue weighted by Gasteiger charge is 2.16.